The molecule has 0 radical (unpaired) electrons. The number of halogens is 1. The fraction of sp³-hybridized carbons (Fsp3) is 0.250. The molecule has 0 unspecified atom stereocenters. The normalized spacial score (nSPS) is 14.4. The standard InChI is InChI=1S/C12H12N2O.ClH/c1-2-10(6-14-5-4-13-9-14)12-8-15-7-11(12)3-1;/h1-3,7-9H,4-6H2;1H. The number of aliphatic imine (C=N–C) groups is 1. The zero-order valence-electron chi connectivity index (χ0n) is 8.80. The van der Waals surface area contributed by atoms with Crippen molar-refractivity contribution < 1.29 is 4.42 Å². The van der Waals surface area contributed by atoms with Crippen molar-refractivity contribution in [3.63, 3.8) is 0 Å². The van der Waals surface area contributed by atoms with Crippen LogP contribution in [0, 0.1) is 0 Å². The molecule has 0 amide bonds. The van der Waals surface area contributed by atoms with E-state index in [9.17, 15) is 0 Å². The van der Waals surface area contributed by atoms with Gasteiger partial charge in [-0.2, -0.15) is 0 Å². The zero-order valence-corrected chi connectivity index (χ0v) is 9.61. The van der Waals surface area contributed by atoms with Crippen molar-refractivity contribution in [3.8, 4) is 0 Å². The Morgan fingerprint density at radius 3 is 3.06 bits per heavy atom. The quantitative estimate of drug-likeness (QED) is 0.802. The molecular weight excluding hydrogens is 224 g/mol. The molecule has 0 atom stereocenters. The number of rotatable bonds is 2. The summed E-state index contributed by atoms with van der Waals surface area (Å²) >= 11 is 0. The lowest BCUT2D eigenvalue weighted by Gasteiger charge is -2.13. The van der Waals surface area contributed by atoms with Gasteiger partial charge >= 0.3 is 0 Å². The molecular formula is C12H13ClN2O. The maximum atomic E-state index is 5.22. The molecule has 0 spiro atoms. The van der Waals surface area contributed by atoms with E-state index in [4.69, 9.17) is 4.42 Å². The summed E-state index contributed by atoms with van der Waals surface area (Å²) in [5.74, 6) is 0. The second kappa shape index (κ2) is 4.58. The molecule has 0 saturated heterocycles. The Morgan fingerprint density at radius 1 is 1.31 bits per heavy atom. The average Bonchev–Trinajstić information content (AvgIpc) is 2.87. The fourth-order valence-corrected chi connectivity index (χ4v) is 1.95. The summed E-state index contributed by atoms with van der Waals surface area (Å²) in [5.41, 5.74) is 1.30. The molecule has 1 aromatic carbocycles. The van der Waals surface area contributed by atoms with Crippen LogP contribution in [0.2, 0.25) is 0 Å². The fourth-order valence-electron chi connectivity index (χ4n) is 1.95. The zero-order chi connectivity index (χ0) is 10.1. The number of hydrogen-bond donors (Lipinski definition) is 0. The van der Waals surface area contributed by atoms with Gasteiger partial charge in [0.05, 0.1) is 25.4 Å². The molecule has 3 rings (SSSR count). The summed E-state index contributed by atoms with van der Waals surface area (Å²) < 4.78 is 5.22. The SMILES string of the molecule is C1=NCCN1Cc1cccc2cocc12.Cl. The maximum absolute atomic E-state index is 5.22. The number of nitrogens with zero attached hydrogens (tertiary/aromatic N) is 2. The van der Waals surface area contributed by atoms with Crippen LogP contribution in [0.1, 0.15) is 5.56 Å². The van der Waals surface area contributed by atoms with Gasteiger partial charge in [0, 0.05) is 23.9 Å². The monoisotopic (exact) mass is 236 g/mol. The molecule has 0 aliphatic carbocycles. The highest BCUT2D eigenvalue weighted by molar-refractivity contribution is 5.85. The van der Waals surface area contributed by atoms with E-state index >= 15 is 0 Å². The molecule has 2 aromatic rings. The molecule has 2 heterocycles. The van der Waals surface area contributed by atoms with E-state index in [1.807, 2.05) is 12.6 Å². The molecule has 0 bridgehead atoms. The predicted molar refractivity (Wildman–Crippen MR) is 67.2 cm³/mol. The van der Waals surface area contributed by atoms with Gasteiger partial charge in [-0.15, -0.1) is 12.4 Å². The second-order valence-corrected chi connectivity index (χ2v) is 3.78. The molecule has 0 fully saturated rings. The van der Waals surface area contributed by atoms with Gasteiger partial charge in [0.2, 0.25) is 0 Å². The van der Waals surface area contributed by atoms with Crippen LogP contribution in [0.4, 0.5) is 0 Å². The Labute approximate surface area is 100 Å². The van der Waals surface area contributed by atoms with Crippen molar-refractivity contribution in [2.24, 2.45) is 4.99 Å². The van der Waals surface area contributed by atoms with E-state index in [0.29, 0.717) is 0 Å². The number of fused-ring (bicyclic) bond motifs is 1. The van der Waals surface area contributed by atoms with Crippen molar-refractivity contribution in [2.45, 2.75) is 6.54 Å². The Hall–Kier alpha value is -1.48. The van der Waals surface area contributed by atoms with Crippen molar-refractivity contribution in [3.05, 3.63) is 36.3 Å². The van der Waals surface area contributed by atoms with Gasteiger partial charge in [0.25, 0.3) is 0 Å². The molecule has 16 heavy (non-hydrogen) atoms. The van der Waals surface area contributed by atoms with Gasteiger partial charge in [-0.25, -0.2) is 0 Å². The highest BCUT2D eigenvalue weighted by Gasteiger charge is 2.09. The lowest BCUT2D eigenvalue weighted by molar-refractivity contribution is 0.464. The predicted octanol–water partition coefficient (Wildman–Crippen LogP) is 2.70. The molecule has 0 saturated carbocycles. The van der Waals surface area contributed by atoms with Crippen molar-refractivity contribution in [1.82, 2.24) is 4.90 Å². The Kier molecular flexibility index (Phi) is 3.15. The van der Waals surface area contributed by atoms with Crippen LogP contribution in [0.3, 0.4) is 0 Å². The van der Waals surface area contributed by atoms with Gasteiger partial charge in [0.15, 0.2) is 0 Å². The number of hydrogen-bond acceptors (Lipinski definition) is 3. The molecule has 1 aromatic heterocycles. The van der Waals surface area contributed by atoms with E-state index in [-0.39, 0.29) is 12.4 Å². The lowest BCUT2D eigenvalue weighted by Crippen LogP contribution is -2.18. The Bertz CT molecular complexity index is 506. The molecule has 3 nitrogen and oxygen atoms in total. The average molecular weight is 237 g/mol. The van der Waals surface area contributed by atoms with E-state index in [0.717, 1.165) is 19.6 Å². The van der Waals surface area contributed by atoms with Crippen molar-refractivity contribution in [2.75, 3.05) is 13.1 Å². The number of furan rings is 1. The minimum absolute atomic E-state index is 0. The topological polar surface area (TPSA) is 28.7 Å². The van der Waals surface area contributed by atoms with E-state index in [1.165, 1.54) is 16.3 Å². The third-order valence-corrected chi connectivity index (χ3v) is 2.75. The minimum atomic E-state index is 0. The van der Waals surface area contributed by atoms with Gasteiger partial charge in [-0.3, -0.25) is 4.99 Å². The molecule has 1 aliphatic rings. The first kappa shape index (κ1) is 11.0. The summed E-state index contributed by atoms with van der Waals surface area (Å²) in [7, 11) is 0. The van der Waals surface area contributed by atoms with Gasteiger partial charge in [0.1, 0.15) is 0 Å². The van der Waals surface area contributed by atoms with Crippen LogP contribution in [-0.2, 0) is 6.54 Å². The second-order valence-electron chi connectivity index (χ2n) is 3.78. The van der Waals surface area contributed by atoms with Gasteiger partial charge in [-0.1, -0.05) is 18.2 Å². The summed E-state index contributed by atoms with van der Waals surface area (Å²) in [6.45, 7) is 2.86. The van der Waals surface area contributed by atoms with Crippen molar-refractivity contribution in [1.29, 1.82) is 0 Å². The summed E-state index contributed by atoms with van der Waals surface area (Å²) in [6, 6.07) is 6.28. The van der Waals surface area contributed by atoms with Crippen LogP contribution in [0.15, 0.2) is 40.1 Å². The van der Waals surface area contributed by atoms with Crippen LogP contribution in [0.25, 0.3) is 10.8 Å². The number of benzene rings is 1. The molecule has 84 valence electrons. The van der Waals surface area contributed by atoms with E-state index in [1.54, 1.807) is 6.26 Å². The summed E-state index contributed by atoms with van der Waals surface area (Å²) in [6.07, 6.45) is 5.54. The minimum Gasteiger partial charge on any atom is -0.471 e. The first-order valence-electron chi connectivity index (χ1n) is 5.11. The van der Waals surface area contributed by atoms with Crippen molar-refractivity contribution >= 4 is 29.5 Å². The smallest absolute Gasteiger partial charge is 0.0984 e. The van der Waals surface area contributed by atoms with Gasteiger partial charge < -0.3 is 9.32 Å². The highest BCUT2D eigenvalue weighted by atomic mass is 35.5. The third-order valence-electron chi connectivity index (χ3n) is 2.75. The molecule has 4 heteroatoms. The summed E-state index contributed by atoms with van der Waals surface area (Å²) in [5, 5.41) is 2.38. The Balaban J connectivity index is 0.000000963. The van der Waals surface area contributed by atoms with Crippen LogP contribution in [0.5, 0.6) is 0 Å². The van der Waals surface area contributed by atoms with Gasteiger partial charge in [-0.05, 0) is 5.56 Å². The van der Waals surface area contributed by atoms with Crippen LogP contribution >= 0.6 is 12.4 Å². The van der Waals surface area contributed by atoms with Crippen LogP contribution in [-0.4, -0.2) is 24.3 Å². The molecule has 1 aliphatic heterocycles. The van der Waals surface area contributed by atoms with E-state index in [2.05, 4.69) is 28.1 Å². The Morgan fingerprint density at radius 2 is 2.25 bits per heavy atom. The third kappa shape index (κ3) is 1.91. The highest BCUT2D eigenvalue weighted by Crippen LogP contribution is 2.21. The lowest BCUT2D eigenvalue weighted by atomic mass is 10.1. The first-order chi connectivity index (χ1) is 7.43. The largest absolute Gasteiger partial charge is 0.471 e. The van der Waals surface area contributed by atoms with E-state index < -0.39 is 0 Å². The summed E-state index contributed by atoms with van der Waals surface area (Å²) in [4.78, 5) is 6.43. The molecule has 0 N–H and O–H groups in total. The first-order valence-corrected chi connectivity index (χ1v) is 5.11. The maximum Gasteiger partial charge on any atom is 0.0984 e. The van der Waals surface area contributed by atoms with Crippen LogP contribution < -0.4 is 0 Å².